The zero-order valence-electron chi connectivity index (χ0n) is 16.9. The van der Waals surface area contributed by atoms with Crippen molar-refractivity contribution in [3.63, 3.8) is 0 Å². The normalized spacial score (nSPS) is 16.4. The Labute approximate surface area is 165 Å². The summed E-state index contributed by atoms with van der Waals surface area (Å²) >= 11 is 0. The maximum absolute atomic E-state index is 12.5. The first kappa shape index (κ1) is 20.6. The molecule has 2 aromatic rings. The number of aliphatic hydroxyl groups excluding tert-OH is 1. The first-order valence-corrected chi connectivity index (χ1v) is 9.73. The molecule has 1 aliphatic rings. The van der Waals surface area contributed by atoms with Crippen LogP contribution in [0.15, 0.2) is 28.9 Å². The average Bonchev–Trinajstić information content (AvgIpc) is 3.07. The molecule has 154 valence electrons. The van der Waals surface area contributed by atoms with E-state index in [-0.39, 0.29) is 18.1 Å². The molecule has 7 nitrogen and oxygen atoms in total. The van der Waals surface area contributed by atoms with Crippen molar-refractivity contribution >= 4 is 16.9 Å². The number of hydrogen-bond donors (Lipinski definition) is 2. The molecule has 1 atom stereocenters. The summed E-state index contributed by atoms with van der Waals surface area (Å²) in [6.07, 6.45) is 1.34. The third kappa shape index (κ3) is 5.70. The minimum absolute atomic E-state index is 0.0525. The molecular formula is C21H30N2O5. The van der Waals surface area contributed by atoms with E-state index in [1.807, 2.05) is 37.8 Å². The Morgan fingerprint density at radius 2 is 2.07 bits per heavy atom. The maximum Gasteiger partial charge on any atom is 0.227 e. The van der Waals surface area contributed by atoms with E-state index in [1.165, 1.54) is 0 Å². The lowest BCUT2D eigenvalue weighted by Crippen LogP contribution is -2.42. The highest BCUT2D eigenvalue weighted by Gasteiger charge is 2.19. The standard InChI is InChI=1S/C21H30N2O5/c1-21(2,3)22-12-16(24)14-27-17-4-5-18-15(13-28-19(18)11-17)10-20(25)23-6-8-26-9-7-23/h4-5,11,13,16,22,24H,6-10,12,14H2,1-3H3. The van der Waals surface area contributed by atoms with E-state index in [4.69, 9.17) is 13.9 Å². The highest BCUT2D eigenvalue weighted by Crippen LogP contribution is 2.26. The van der Waals surface area contributed by atoms with Crippen LogP contribution in [0, 0.1) is 0 Å². The number of β-amino-alcohol motifs (C(OH)–C–C–N with tert-alkyl or cyclic N) is 1. The van der Waals surface area contributed by atoms with E-state index >= 15 is 0 Å². The van der Waals surface area contributed by atoms with Crippen LogP contribution in [0.2, 0.25) is 0 Å². The first-order chi connectivity index (χ1) is 13.3. The molecule has 2 N–H and O–H groups in total. The average molecular weight is 390 g/mol. The van der Waals surface area contributed by atoms with Gasteiger partial charge in [-0.15, -0.1) is 0 Å². The summed E-state index contributed by atoms with van der Waals surface area (Å²) in [6, 6.07) is 5.53. The molecule has 0 spiro atoms. The van der Waals surface area contributed by atoms with Gasteiger partial charge >= 0.3 is 0 Å². The van der Waals surface area contributed by atoms with Crippen LogP contribution in [0.5, 0.6) is 5.75 Å². The predicted octanol–water partition coefficient (Wildman–Crippen LogP) is 1.96. The summed E-state index contributed by atoms with van der Waals surface area (Å²) < 4.78 is 16.6. The molecule has 3 rings (SSSR count). The number of amides is 1. The summed E-state index contributed by atoms with van der Waals surface area (Å²) in [4.78, 5) is 14.3. The number of aliphatic hydroxyl groups is 1. The zero-order valence-corrected chi connectivity index (χ0v) is 16.9. The highest BCUT2D eigenvalue weighted by atomic mass is 16.5. The van der Waals surface area contributed by atoms with Crippen LogP contribution >= 0.6 is 0 Å². The van der Waals surface area contributed by atoms with Crippen molar-refractivity contribution in [2.45, 2.75) is 38.8 Å². The SMILES string of the molecule is CC(C)(C)NCC(O)COc1ccc2c(CC(=O)N3CCOCC3)coc2c1. The predicted molar refractivity (Wildman–Crippen MR) is 107 cm³/mol. The van der Waals surface area contributed by atoms with Gasteiger partial charge in [0.25, 0.3) is 0 Å². The third-order valence-electron chi connectivity index (χ3n) is 4.64. The molecular weight excluding hydrogens is 360 g/mol. The molecule has 1 aromatic carbocycles. The van der Waals surface area contributed by atoms with Gasteiger partial charge in [0.05, 0.1) is 25.9 Å². The minimum Gasteiger partial charge on any atom is -0.491 e. The van der Waals surface area contributed by atoms with E-state index < -0.39 is 6.10 Å². The first-order valence-electron chi connectivity index (χ1n) is 9.73. The van der Waals surface area contributed by atoms with Gasteiger partial charge in [0.2, 0.25) is 5.91 Å². The van der Waals surface area contributed by atoms with Crippen LogP contribution in [0.25, 0.3) is 11.0 Å². The van der Waals surface area contributed by atoms with Crippen LogP contribution in [-0.2, 0) is 16.0 Å². The molecule has 0 bridgehead atoms. The quantitative estimate of drug-likeness (QED) is 0.752. The Bertz CT molecular complexity index is 790. The second kappa shape index (κ2) is 8.94. The largest absolute Gasteiger partial charge is 0.491 e. The fourth-order valence-electron chi connectivity index (χ4n) is 3.05. The van der Waals surface area contributed by atoms with E-state index in [0.717, 1.165) is 10.9 Å². The Kier molecular flexibility index (Phi) is 6.59. The number of fused-ring (bicyclic) bond motifs is 1. The Balaban J connectivity index is 1.57. The van der Waals surface area contributed by atoms with Crippen LogP contribution in [0.3, 0.4) is 0 Å². The molecule has 0 aliphatic carbocycles. The molecule has 1 aromatic heterocycles. The Morgan fingerprint density at radius 1 is 1.32 bits per heavy atom. The van der Waals surface area contributed by atoms with Gasteiger partial charge in [0, 0.05) is 42.2 Å². The number of morpholine rings is 1. The van der Waals surface area contributed by atoms with Gasteiger partial charge in [-0.3, -0.25) is 4.79 Å². The fraction of sp³-hybridized carbons (Fsp3) is 0.571. The van der Waals surface area contributed by atoms with Crippen LogP contribution in [0.1, 0.15) is 26.3 Å². The lowest BCUT2D eigenvalue weighted by Gasteiger charge is -2.26. The van der Waals surface area contributed by atoms with E-state index in [9.17, 15) is 9.90 Å². The van der Waals surface area contributed by atoms with E-state index in [1.54, 1.807) is 12.3 Å². The van der Waals surface area contributed by atoms with Gasteiger partial charge in [-0.05, 0) is 32.9 Å². The van der Waals surface area contributed by atoms with Crippen LogP contribution in [0.4, 0.5) is 0 Å². The molecule has 28 heavy (non-hydrogen) atoms. The molecule has 1 saturated heterocycles. The maximum atomic E-state index is 12.5. The van der Waals surface area contributed by atoms with Crippen LogP contribution < -0.4 is 10.1 Å². The Morgan fingerprint density at radius 3 is 2.79 bits per heavy atom. The molecule has 1 unspecified atom stereocenters. The number of carbonyl (C=O) groups is 1. The van der Waals surface area contributed by atoms with Crippen molar-refractivity contribution in [1.82, 2.24) is 10.2 Å². The topological polar surface area (TPSA) is 84.2 Å². The van der Waals surface area contributed by atoms with Gasteiger partial charge in [0.1, 0.15) is 24.0 Å². The van der Waals surface area contributed by atoms with Gasteiger partial charge < -0.3 is 29.2 Å². The molecule has 1 amide bonds. The summed E-state index contributed by atoms with van der Waals surface area (Å²) in [5.41, 5.74) is 1.49. The smallest absolute Gasteiger partial charge is 0.227 e. The molecule has 1 aliphatic heterocycles. The minimum atomic E-state index is -0.603. The number of furan rings is 1. The highest BCUT2D eigenvalue weighted by molar-refractivity contribution is 5.88. The van der Waals surface area contributed by atoms with Gasteiger partial charge in [-0.1, -0.05) is 0 Å². The number of nitrogens with zero attached hydrogens (tertiary/aromatic N) is 1. The molecule has 7 heteroatoms. The van der Waals surface area contributed by atoms with Gasteiger partial charge in [-0.2, -0.15) is 0 Å². The lowest BCUT2D eigenvalue weighted by atomic mass is 10.1. The summed E-state index contributed by atoms with van der Waals surface area (Å²) in [5, 5.41) is 14.2. The number of rotatable bonds is 7. The van der Waals surface area contributed by atoms with Crippen molar-refractivity contribution in [2.24, 2.45) is 0 Å². The summed E-state index contributed by atoms with van der Waals surface area (Å²) in [5.74, 6) is 0.712. The third-order valence-corrected chi connectivity index (χ3v) is 4.64. The molecule has 0 radical (unpaired) electrons. The lowest BCUT2D eigenvalue weighted by molar-refractivity contribution is -0.134. The van der Waals surface area contributed by atoms with E-state index in [2.05, 4.69) is 5.32 Å². The molecule has 1 fully saturated rings. The number of hydrogen-bond acceptors (Lipinski definition) is 6. The van der Waals surface area contributed by atoms with Gasteiger partial charge in [0.15, 0.2) is 0 Å². The van der Waals surface area contributed by atoms with Crippen LogP contribution in [-0.4, -0.2) is 67.0 Å². The number of ether oxygens (including phenoxy) is 2. The zero-order chi connectivity index (χ0) is 20.1. The van der Waals surface area contributed by atoms with Crippen molar-refractivity contribution in [3.05, 3.63) is 30.0 Å². The molecule has 2 heterocycles. The van der Waals surface area contributed by atoms with Crippen molar-refractivity contribution in [2.75, 3.05) is 39.5 Å². The van der Waals surface area contributed by atoms with Crippen molar-refractivity contribution in [1.29, 1.82) is 0 Å². The number of benzene rings is 1. The Hall–Kier alpha value is -2.09. The van der Waals surface area contributed by atoms with Gasteiger partial charge in [-0.25, -0.2) is 0 Å². The summed E-state index contributed by atoms with van der Waals surface area (Å²) in [7, 11) is 0. The molecule has 0 saturated carbocycles. The second-order valence-electron chi connectivity index (χ2n) is 8.18. The summed E-state index contributed by atoms with van der Waals surface area (Å²) in [6.45, 7) is 9.26. The van der Waals surface area contributed by atoms with Crippen molar-refractivity contribution in [3.8, 4) is 5.75 Å². The van der Waals surface area contributed by atoms with Crippen molar-refractivity contribution < 1.29 is 23.8 Å². The second-order valence-corrected chi connectivity index (χ2v) is 8.18. The number of carbonyl (C=O) groups excluding carboxylic acids is 1. The van der Waals surface area contributed by atoms with E-state index in [0.29, 0.717) is 50.6 Å². The number of nitrogens with one attached hydrogen (secondary N) is 1. The monoisotopic (exact) mass is 390 g/mol. The fourth-order valence-corrected chi connectivity index (χ4v) is 3.05.